The molecule has 0 atom stereocenters. The van der Waals surface area contributed by atoms with Crippen molar-refractivity contribution in [2.75, 3.05) is 23.3 Å². The summed E-state index contributed by atoms with van der Waals surface area (Å²) in [7, 11) is 0. The fourth-order valence-electron chi connectivity index (χ4n) is 2.16. The SMILES string of the molecule is CCN(CC)c1cc(C(=O)Nc2cc(Cl)ccc2Cl)nc(C)n1. The quantitative estimate of drug-likeness (QED) is 0.876. The Labute approximate surface area is 145 Å². The number of carbonyl (C=O) groups excluding carboxylic acids is 1. The van der Waals surface area contributed by atoms with Crippen molar-refractivity contribution in [2.45, 2.75) is 20.8 Å². The number of halogens is 2. The maximum atomic E-state index is 12.5. The van der Waals surface area contributed by atoms with Crippen LogP contribution in [0.15, 0.2) is 24.3 Å². The molecule has 122 valence electrons. The molecule has 2 rings (SSSR count). The monoisotopic (exact) mass is 352 g/mol. The molecule has 0 bridgehead atoms. The number of rotatable bonds is 5. The molecule has 7 heteroatoms. The number of aromatic nitrogens is 2. The summed E-state index contributed by atoms with van der Waals surface area (Å²) in [5, 5.41) is 3.64. The summed E-state index contributed by atoms with van der Waals surface area (Å²) in [5.74, 6) is 0.912. The highest BCUT2D eigenvalue weighted by atomic mass is 35.5. The minimum Gasteiger partial charge on any atom is -0.357 e. The van der Waals surface area contributed by atoms with E-state index in [1.54, 1.807) is 31.2 Å². The van der Waals surface area contributed by atoms with Crippen molar-refractivity contribution in [1.82, 2.24) is 9.97 Å². The Morgan fingerprint density at radius 2 is 1.87 bits per heavy atom. The third-order valence-corrected chi connectivity index (χ3v) is 3.89. The molecule has 1 amide bonds. The first-order valence-corrected chi connectivity index (χ1v) is 8.07. The molecule has 0 aliphatic carbocycles. The van der Waals surface area contributed by atoms with Gasteiger partial charge in [0.15, 0.2) is 0 Å². The van der Waals surface area contributed by atoms with Gasteiger partial charge in [-0.15, -0.1) is 0 Å². The number of hydrogen-bond acceptors (Lipinski definition) is 4. The van der Waals surface area contributed by atoms with E-state index in [0.29, 0.717) is 21.6 Å². The molecule has 1 N–H and O–H groups in total. The molecule has 23 heavy (non-hydrogen) atoms. The highest BCUT2D eigenvalue weighted by Gasteiger charge is 2.14. The van der Waals surface area contributed by atoms with Gasteiger partial charge in [-0.3, -0.25) is 4.79 Å². The Balaban J connectivity index is 2.30. The van der Waals surface area contributed by atoms with Crippen molar-refractivity contribution in [3.05, 3.63) is 45.8 Å². The normalized spacial score (nSPS) is 10.5. The zero-order valence-corrected chi connectivity index (χ0v) is 14.7. The standard InChI is InChI=1S/C16H18Cl2N4O/c1-4-22(5-2)15-9-14(19-10(3)20-15)16(23)21-13-8-11(17)6-7-12(13)18/h6-9H,4-5H2,1-3H3,(H,21,23). The predicted octanol–water partition coefficient (Wildman–Crippen LogP) is 4.19. The van der Waals surface area contributed by atoms with Gasteiger partial charge in [-0.25, -0.2) is 9.97 Å². The summed E-state index contributed by atoms with van der Waals surface area (Å²) in [6.07, 6.45) is 0. The Kier molecular flexibility index (Phi) is 5.80. The first kappa shape index (κ1) is 17.5. The third-order valence-electron chi connectivity index (χ3n) is 3.32. The van der Waals surface area contributed by atoms with Gasteiger partial charge in [0.05, 0.1) is 10.7 Å². The van der Waals surface area contributed by atoms with Crippen molar-refractivity contribution in [2.24, 2.45) is 0 Å². The molecule has 0 aliphatic heterocycles. The highest BCUT2D eigenvalue weighted by Crippen LogP contribution is 2.26. The average molecular weight is 353 g/mol. The first-order chi connectivity index (χ1) is 10.9. The highest BCUT2D eigenvalue weighted by molar-refractivity contribution is 6.35. The fourth-order valence-corrected chi connectivity index (χ4v) is 2.49. The van der Waals surface area contributed by atoms with Gasteiger partial charge in [0.1, 0.15) is 17.3 Å². The summed E-state index contributed by atoms with van der Waals surface area (Å²) < 4.78 is 0. The van der Waals surface area contributed by atoms with Crippen LogP contribution >= 0.6 is 23.2 Å². The van der Waals surface area contributed by atoms with Crippen LogP contribution in [0.5, 0.6) is 0 Å². The van der Waals surface area contributed by atoms with Crippen LogP contribution in [0.3, 0.4) is 0 Å². The van der Waals surface area contributed by atoms with Gasteiger partial charge in [0.2, 0.25) is 0 Å². The number of amides is 1. The fraction of sp³-hybridized carbons (Fsp3) is 0.312. The summed E-state index contributed by atoms with van der Waals surface area (Å²) in [6.45, 7) is 7.43. The zero-order valence-electron chi connectivity index (χ0n) is 13.2. The lowest BCUT2D eigenvalue weighted by Crippen LogP contribution is -2.25. The smallest absolute Gasteiger partial charge is 0.274 e. The Hall–Kier alpha value is -1.85. The Morgan fingerprint density at radius 1 is 1.17 bits per heavy atom. The van der Waals surface area contributed by atoms with Gasteiger partial charge < -0.3 is 10.2 Å². The Morgan fingerprint density at radius 3 is 2.52 bits per heavy atom. The number of nitrogens with one attached hydrogen (secondary N) is 1. The van der Waals surface area contributed by atoms with Crippen molar-refractivity contribution in [1.29, 1.82) is 0 Å². The van der Waals surface area contributed by atoms with E-state index >= 15 is 0 Å². The molecule has 0 aliphatic rings. The average Bonchev–Trinajstić information content (AvgIpc) is 2.51. The summed E-state index contributed by atoms with van der Waals surface area (Å²) in [4.78, 5) is 23.1. The van der Waals surface area contributed by atoms with Crippen LogP contribution in [0, 0.1) is 6.92 Å². The van der Waals surface area contributed by atoms with Crippen molar-refractivity contribution in [3.63, 3.8) is 0 Å². The molecular weight excluding hydrogens is 335 g/mol. The predicted molar refractivity (Wildman–Crippen MR) is 94.7 cm³/mol. The molecule has 1 heterocycles. The summed E-state index contributed by atoms with van der Waals surface area (Å²) in [6, 6.07) is 6.56. The molecule has 5 nitrogen and oxygen atoms in total. The van der Waals surface area contributed by atoms with Gasteiger partial charge in [-0.2, -0.15) is 0 Å². The lowest BCUT2D eigenvalue weighted by atomic mass is 10.3. The molecule has 0 unspecified atom stereocenters. The van der Waals surface area contributed by atoms with Crippen LogP contribution in [-0.2, 0) is 0 Å². The van der Waals surface area contributed by atoms with Gasteiger partial charge in [-0.05, 0) is 39.0 Å². The number of benzene rings is 1. The summed E-state index contributed by atoms with van der Waals surface area (Å²) >= 11 is 12.0. The summed E-state index contributed by atoms with van der Waals surface area (Å²) in [5.41, 5.74) is 0.736. The van der Waals surface area contributed by atoms with Crippen LogP contribution in [0.1, 0.15) is 30.2 Å². The first-order valence-electron chi connectivity index (χ1n) is 7.31. The van der Waals surface area contributed by atoms with Gasteiger partial charge in [0, 0.05) is 24.2 Å². The molecular formula is C16H18Cl2N4O. The van der Waals surface area contributed by atoms with Crippen molar-refractivity contribution < 1.29 is 4.79 Å². The van der Waals surface area contributed by atoms with E-state index in [4.69, 9.17) is 23.2 Å². The maximum absolute atomic E-state index is 12.5. The van der Waals surface area contributed by atoms with E-state index in [1.807, 2.05) is 13.8 Å². The third kappa shape index (κ3) is 4.33. The van der Waals surface area contributed by atoms with Crippen molar-refractivity contribution >= 4 is 40.6 Å². The van der Waals surface area contributed by atoms with Crippen LogP contribution in [0.4, 0.5) is 11.5 Å². The molecule has 1 aromatic heterocycles. The molecule has 0 spiro atoms. The second-order valence-corrected chi connectivity index (χ2v) is 5.75. The second kappa shape index (κ2) is 7.62. The van der Waals surface area contributed by atoms with Crippen LogP contribution < -0.4 is 10.2 Å². The van der Waals surface area contributed by atoms with Gasteiger partial charge in [0.25, 0.3) is 5.91 Å². The van der Waals surface area contributed by atoms with Crippen molar-refractivity contribution in [3.8, 4) is 0 Å². The lowest BCUT2D eigenvalue weighted by Gasteiger charge is -2.20. The molecule has 0 saturated carbocycles. The van der Waals surface area contributed by atoms with Crippen LogP contribution in [-0.4, -0.2) is 29.0 Å². The number of anilines is 2. The van der Waals surface area contributed by atoms with E-state index in [2.05, 4.69) is 20.2 Å². The second-order valence-electron chi connectivity index (χ2n) is 4.91. The van der Waals surface area contributed by atoms with E-state index < -0.39 is 0 Å². The van der Waals surface area contributed by atoms with Gasteiger partial charge in [-0.1, -0.05) is 23.2 Å². The molecule has 2 aromatic rings. The Bertz CT molecular complexity index is 717. The van der Waals surface area contributed by atoms with Gasteiger partial charge >= 0.3 is 0 Å². The minimum absolute atomic E-state index is 0.287. The number of carbonyl (C=O) groups is 1. The van der Waals surface area contributed by atoms with Crippen LogP contribution in [0.25, 0.3) is 0 Å². The number of aryl methyl sites for hydroxylation is 1. The minimum atomic E-state index is -0.354. The number of nitrogens with zero attached hydrogens (tertiary/aromatic N) is 3. The molecule has 0 fully saturated rings. The van der Waals surface area contributed by atoms with E-state index in [1.165, 1.54) is 0 Å². The van der Waals surface area contributed by atoms with E-state index in [0.717, 1.165) is 18.9 Å². The molecule has 0 radical (unpaired) electrons. The molecule has 0 saturated heterocycles. The zero-order chi connectivity index (χ0) is 17.0. The maximum Gasteiger partial charge on any atom is 0.274 e. The number of hydrogen-bond donors (Lipinski definition) is 1. The van der Waals surface area contributed by atoms with E-state index in [-0.39, 0.29) is 11.6 Å². The largest absolute Gasteiger partial charge is 0.357 e. The van der Waals surface area contributed by atoms with Crippen LogP contribution in [0.2, 0.25) is 10.0 Å². The molecule has 1 aromatic carbocycles. The lowest BCUT2D eigenvalue weighted by molar-refractivity contribution is 0.102. The topological polar surface area (TPSA) is 58.1 Å². The van der Waals surface area contributed by atoms with E-state index in [9.17, 15) is 4.79 Å².